The number of benzene rings is 1. The van der Waals surface area contributed by atoms with Crippen LogP contribution in [0.15, 0.2) is 24.3 Å². The maximum absolute atomic E-state index is 11.6. The molecule has 1 amide bonds. The fourth-order valence-corrected chi connectivity index (χ4v) is 1.84. The van der Waals surface area contributed by atoms with Gasteiger partial charge < -0.3 is 10.4 Å². The molecule has 0 heterocycles. The molecular weight excluding hydrogens is 254 g/mol. The fourth-order valence-electron chi connectivity index (χ4n) is 1.45. The lowest BCUT2D eigenvalue weighted by Crippen LogP contribution is -2.29. The van der Waals surface area contributed by atoms with Gasteiger partial charge in [-0.3, -0.25) is 9.00 Å². The number of hydrogen-bond donors (Lipinski definition) is 2. The minimum absolute atomic E-state index is 0.0127. The zero-order chi connectivity index (χ0) is 13.5. The number of nitrogens with one attached hydrogen (secondary N) is 1. The number of aromatic carboxylic acids is 1. The second kappa shape index (κ2) is 6.90. The molecule has 0 aromatic heterocycles. The summed E-state index contributed by atoms with van der Waals surface area (Å²) in [5, 5.41) is 11.6. The highest BCUT2D eigenvalue weighted by atomic mass is 32.2. The molecule has 0 aliphatic heterocycles. The van der Waals surface area contributed by atoms with E-state index in [0.717, 1.165) is 0 Å². The van der Waals surface area contributed by atoms with Crippen LogP contribution in [0.4, 0.5) is 0 Å². The third-order valence-corrected chi connectivity index (χ3v) is 3.09. The SMILES string of the molecule is CS(=O)CCNC(=O)Cc1ccccc1C(=O)O. The fraction of sp³-hybridized carbons (Fsp3) is 0.333. The number of carboxylic acids is 1. The molecule has 1 atom stereocenters. The van der Waals surface area contributed by atoms with E-state index in [0.29, 0.717) is 17.9 Å². The van der Waals surface area contributed by atoms with E-state index in [1.54, 1.807) is 24.5 Å². The molecule has 0 saturated heterocycles. The maximum atomic E-state index is 11.6. The summed E-state index contributed by atoms with van der Waals surface area (Å²) in [5.41, 5.74) is 0.604. The standard InChI is InChI=1S/C12H15NO4S/c1-18(17)7-6-13-11(14)8-9-4-2-3-5-10(9)12(15)16/h2-5H,6-8H2,1H3,(H,13,14)(H,15,16). The normalized spacial score (nSPS) is 11.8. The zero-order valence-electron chi connectivity index (χ0n) is 10.0. The summed E-state index contributed by atoms with van der Waals surface area (Å²) < 4.78 is 10.8. The Bertz CT molecular complexity index is 473. The van der Waals surface area contributed by atoms with Gasteiger partial charge in [0.25, 0.3) is 0 Å². The molecule has 0 saturated carbocycles. The van der Waals surface area contributed by atoms with Crippen molar-refractivity contribution in [2.24, 2.45) is 0 Å². The van der Waals surface area contributed by atoms with E-state index in [1.165, 1.54) is 6.07 Å². The lowest BCUT2D eigenvalue weighted by Gasteiger charge is -2.06. The Labute approximate surface area is 108 Å². The highest BCUT2D eigenvalue weighted by molar-refractivity contribution is 7.84. The van der Waals surface area contributed by atoms with Crippen molar-refractivity contribution in [3.63, 3.8) is 0 Å². The van der Waals surface area contributed by atoms with Crippen LogP contribution in [0, 0.1) is 0 Å². The van der Waals surface area contributed by atoms with Crippen LogP contribution in [0.2, 0.25) is 0 Å². The van der Waals surface area contributed by atoms with Gasteiger partial charge in [0.05, 0.1) is 12.0 Å². The lowest BCUT2D eigenvalue weighted by atomic mass is 10.0. The van der Waals surface area contributed by atoms with Gasteiger partial charge in [0, 0.05) is 29.4 Å². The molecule has 1 aromatic carbocycles. The first-order chi connectivity index (χ1) is 8.50. The number of carboxylic acid groups (broad SMARTS) is 1. The summed E-state index contributed by atoms with van der Waals surface area (Å²) in [4.78, 5) is 22.5. The first-order valence-electron chi connectivity index (χ1n) is 5.38. The molecule has 0 aliphatic carbocycles. The van der Waals surface area contributed by atoms with Gasteiger partial charge in [-0.25, -0.2) is 4.79 Å². The predicted octanol–water partition coefficient (Wildman–Crippen LogP) is 0.422. The first-order valence-corrected chi connectivity index (χ1v) is 7.11. The number of hydrogen-bond acceptors (Lipinski definition) is 3. The predicted molar refractivity (Wildman–Crippen MR) is 69.0 cm³/mol. The molecular formula is C12H15NO4S. The molecule has 0 bridgehead atoms. The van der Waals surface area contributed by atoms with Crippen LogP contribution in [0.25, 0.3) is 0 Å². The van der Waals surface area contributed by atoms with Crippen LogP contribution in [-0.4, -0.2) is 39.7 Å². The van der Waals surface area contributed by atoms with Gasteiger partial charge in [-0.1, -0.05) is 18.2 Å². The van der Waals surface area contributed by atoms with Gasteiger partial charge in [-0.05, 0) is 11.6 Å². The van der Waals surface area contributed by atoms with Gasteiger partial charge in [0.2, 0.25) is 5.91 Å². The van der Waals surface area contributed by atoms with Crippen LogP contribution < -0.4 is 5.32 Å². The molecule has 5 nitrogen and oxygen atoms in total. The summed E-state index contributed by atoms with van der Waals surface area (Å²) >= 11 is 0. The van der Waals surface area contributed by atoms with Crippen molar-refractivity contribution in [2.45, 2.75) is 6.42 Å². The second-order valence-corrected chi connectivity index (χ2v) is 5.32. The van der Waals surface area contributed by atoms with Crippen molar-refractivity contribution in [3.05, 3.63) is 35.4 Å². The number of rotatable bonds is 6. The summed E-state index contributed by atoms with van der Waals surface area (Å²) in [5.74, 6) is -0.922. The van der Waals surface area contributed by atoms with Crippen LogP contribution in [0.3, 0.4) is 0 Å². The molecule has 98 valence electrons. The van der Waals surface area contributed by atoms with E-state index in [1.807, 2.05) is 0 Å². The van der Waals surface area contributed by atoms with Gasteiger partial charge in [0.1, 0.15) is 0 Å². The van der Waals surface area contributed by atoms with Crippen LogP contribution in [0.5, 0.6) is 0 Å². The highest BCUT2D eigenvalue weighted by Crippen LogP contribution is 2.09. The minimum atomic E-state index is -1.05. The Morgan fingerprint density at radius 1 is 1.33 bits per heavy atom. The third-order valence-electron chi connectivity index (χ3n) is 2.31. The van der Waals surface area contributed by atoms with Crippen LogP contribution in [0.1, 0.15) is 15.9 Å². The summed E-state index contributed by atoms with van der Waals surface area (Å²) in [7, 11) is -0.949. The van der Waals surface area contributed by atoms with Crippen molar-refractivity contribution in [1.29, 1.82) is 0 Å². The summed E-state index contributed by atoms with van der Waals surface area (Å²) in [6.45, 7) is 0.331. The van der Waals surface area contributed by atoms with E-state index in [9.17, 15) is 13.8 Å². The monoisotopic (exact) mass is 269 g/mol. The van der Waals surface area contributed by atoms with E-state index < -0.39 is 16.8 Å². The van der Waals surface area contributed by atoms with Crippen LogP contribution in [-0.2, 0) is 22.0 Å². The van der Waals surface area contributed by atoms with Gasteiger partial charge in [0.15, 0.2) is 0 Å². The van der Waals surface area contributed by atoms with Crippen molar-refractivity contribution in [2.75, 3.05) is 18.6 Å². The third kappa shape index (κ3) is 4.67. The molecule has 6 heteroatoms. The molecule has 18 heavy (non-hydrogen) atoms. The summed E-state index contributed by atoms with van der Waals surface area (Å²) in [6, 6.07) is 6.38. The zero-order valence-corrected chi connectivity index (χ0v) is 10.8. The van der Waals surface area contributed by atoms with E-state index in [4.69, 9.17) is 5.11 Å². The van der Waals surface area contributed by atoms with E-state index in [-0.39, 0.29) is 17.9 Å². The number of carbonyl (C=O) groups is 2. The maximum Gasteiger partial charge on any atom is 0.335 e. The van der Waals surface area contributed by atoms with Gasteiger partial charge in [-0.2, -0.15) is 0 Å². The molecule has 0 aliphatic rings. The molecule has 0 spiro atoms. The van der Waals surface area contributed by atoms with Gasteiger partial charge in [-0.15, -0.1) is 0 Å². The molecule has 2 N–H and O–H groups in total. The number of carbonyl (C=O) groups excluding carboxylic acids is 1. The van der Waals surface area contributed by atoms with Gasteiger partial charge >= 0.3 is 5.97 Å². The van der Waals surface area contributed by atoms with Crippen LogP contribution >= 0.6 is 0 Å². The molecule has 1 unspecified atom stereocenters. The smallest absolute Gasteiger partial charge is 0.335 e. The molecule has 0 fully saturated rings. The minimum Gasteiger partial charge on any atom is -0.478 e. The largest absolute Gasteiger partial charge is 0.478 e. The first kappa shape index (κ1) is 14.4. The Morgan fingerprint density at radius 2 is 2.00 bits per heavy atom. The Morgan fingerprint density at radius 3 is 2.61 bits per heavy atom. The van der Waals surface area contributed by atoms with Crippen molar-refractivity contribution >= 4 is 22.7 Å². The molecule has 1 rings (SSSR count). The quantitative estimate of drug-likeness (QED) is 0.784. The topological polar surface area (TPSA) is 83.5 Å². The molecule has 1 aromatic rings. The lowest BCUT2D eigenvalue weighted by molar-refractivity contribution is -0.120. The average molecular weight is 269 g/mol. The average Bonchev–Trinajstić information content (AvgIpc) is 2.28. The van der Waals surface area contributed by atoms with E-state index in [2.05, 4.69) is 5.32 Å². The van der Waals surface area contributed by atoms with Crippen molar-refractivity contribution in [3.8, 4) is 0 Å². The molecule has 0 radical (unpaired) electrons. The highest BCUT2D eigenvalue weighted by Gasteiger charge is 2.12. The Kier molecular flexibility index (Phi) is 5.51. The number of amides is 1. The Hall–Kier alpha value is -1.69. The summed E-state index contributed by atoms with van der Waals surface area (Å²) in [6.07, 6.45) is 1.57. The Balaban J connectivity index is 2.59. The van der Waals surface area contributed by atoms with E-state index >= 15 is 0 Å². The second-order valence-electron chi connectivity index (χ2n) is 3.77. The van der Waals surface area contributed by atoms with Crippen molar-refractivity contribution in [1.82, 2.24) is 5.32 Å². The van der Waals surface area contributed by atoms with Crippen molar-refractivity contribution < 1.29 is 18.9 Å².